The first-order valence-corrected chi connectivity index (χ1v) is 10.7. The Labute approximate surface area is 198 Å². The number of aryl methyl sites for hydroxylation is 2. The predicted octanol–water partition coefficient (Wildman–Crippen LogP) is 4.58. The molecule has 0 saturated heterocycles. The number of benzene rings is 2. The average molecular weight is 482 g/mol. The Balaban J connectivity index is 1.40. The van der Waals surface area contributed by atoms with Gasteiger partial charge >= 0.3 is 6.18 Å². The van der Waals surface area contributed by atoms with E-state index in [1.165, 1.54) is 30.6 Å². The van der Waals surface area contributed by atoms with Crippen LogP contribution in [0.15, 0.2) is 54.9 Å². The first-order chi connectivity index (χ1) is 16.6. The number of aromatic nitrogens is 4. The fourth-order valence-electron chi connectivity index (χ4n) is 3.69. The van der Waals surface area contributed by atoms with Gasteiger partial charge in [-0.15, -0.1) is 0 Å². The lowest BCUT2D eigenvalue weighted by Gasteiger charge is -2.12. The van der Waals surface area contributed by atoms with Crippen LogP contribution < -0.4 is 10.6 Å². The topological polar surface area (TPSA) is 101 Å². The van der Waals surface area contributed by atoms with Gasteiger partial charge in [0.25, 0.3) is 11.7 Å². The quantitative estimate of drug-likeness (QED) is 0.419. The Hall–Kier alpha value is -4.28. The highest BCUT2D eigenvalue weighted by Gasteiger charge is 2.30. The minimum atomic E-state index is -4.51. The second kappa shape index (κ2) is 9.53. The van der Waals surface area contributed by atoms with Crippen molar-refractivity contribution in [2.75, 3.05) is 10.6 Å². The molecule has 2 aromatic heterocycles. The molecule has 0 aliphatic rings. The maximum atomic E-state index is 12.9. The number of alkyl halides is 3. The molecule has 0 atom stereocenters. The van der Waals surface area contributed by atoms with Crippen molar-refractivity contribution in [3.05, 3.63) is 82.9 Å². The average Bonchev–Trinajstić information content (AvgIpc) is 3.27. The van der Waals surface area contributed by atoms with Crippen LogP contribution in [-0.4, -0.2) is 31.4 Å². The van der Waals surface area contributed by atoms with Gasteiger partial charge in [0, 0.05) is 34.7 Å². The van der Waals surface area contributed by atoms with E-state index in [-0.39, 0.29) is 23.6 Å². The van der Waals surface area contributed by atoms with Crippen LogP contribution in [-0.2, 0) is 17.4 Å². The number of nitrogens with zero attached hydrogens (tertiary/aromatic N) is 4. The van der Waals surface area contributed by atoms with Crippen LogP contribution in [0.1, 0.15) is 39.3 Å². The molecule has 0 aliphatic carbocycles. The van der Waals surface area contributed by atoms with Gasteiger partial charge in [0.1, 0.15) is 6.33 Å². The summed E-state index contributed by atoms with van der Waals surface area (Å²) >= 11 is 0. The summed E-state index contributed by atoms with van der Waals surface area (Å²) in [6.45, 7) is 3.73. The molecule has 0 unspecified atom stereocenters. The molecule has 8 nitrogen and oxygen atoms in total. The Morgan fingerprint density at radius 2 is 1.71 bits per heavy atom. The summed E-state index contributed by atoms with van der Waals surface area (Å²) < 4.78 is 40.3. The minimum Gasteiger partial charge on any atom is -0.326 e. The van der Waals surface area contributed by atoms with Crippen LogP contribution in [0.25, 0.3) is 5.78 Å². The van der Waals surface area contributed by atoms with Crippen molar-refractivity contribution in [3.63, 3.8) is 0 Å². The zero-order valence-corrected chi connectivity index (χ0v) is 18.8. The monoisotopic (exact) mass is 482 g/mol. The number of nitrogens with one attached hydrogen (secondary N) is 2. The van der Waals surface area contributed by atoms with E-state index in [0.717, 1.165) is 29.1 Å². The fraction of sp³-hybridized carbons (Fsp3) is 0.208. The molecule has 2 amide bonds. The second-order valence-corrected chi connectivity index (χ2v) is 7.89. The fourth-order valence-corrected chi connectivity index (χ4v) is 3.69. The first-order valence-electron chi connectivity index (χ1n) is 10.7. The summed E-state index contributed by atoms with van der Waals surface area (Å²) in [5.74, 6) is -0.370. The summed E-state index contributed by atoms with van der Waals surface area (Å²) in [4.78, 5) is 33.6. The summed E-state index contributed by atoms with van der Waals surface area (Å²) in [5, 5.41) is 9.34. The maximum absolute atomic E-state index is 12.9. The van der Waals surface area contributed by atoms with Crippen molar-refractivity contribution >= 4 is 29.0 Å². The highest BCUT2D eigenvalue weighted by atomic mass is 19.4. The van der Waals surface area contributed by atoms with Gasteiger partial charge in [-0.25, -0.2) is 9.50 Å². The molecule has 4 aromatic rings. The molecule has 0 spiro atoms. The molecule has 0 bridgehead atoms. The Morgan fingerprint density at radius 3 is 2.46 bits per heavy atom. The normalized spacial score (nSPS) is 11.5. The number of hydrogen-bond acceptors (Lipinski definition) is 5. The standard InChI is InChI=1S/C24H21F3N6O2/c1-14-20(15(2)33-23(30-14)28-13-29-33)9-10-21(34)31-18-7-3-5-16(11-18)22(35)32-19-8-4-6-17(12-19)24(25,26)27/h3-8,11-13H,9-10H2,1-2H3,(H,31,34)(H,32,35). The van der Waals surface area contributed by atoms with E-state index >= 15 is 0 Å². The molecule has 0 saturated carbocycles. The molecule has 4 rings (SSSR count). The molecule has 0 fully saturated rings. The van der Waals surface area contributed by atoms with E-state index in [0.29, 0.717) is 17.9 Å². The van der Waals surface area contributed by atoms with Crippen molar-refractivity contribution in [3.8, 4) is 0 Å². The summed E-state index contributed by atoms with van der Waals surface area (Å²) in [6.07, 6.45) is -2.49. The van der Waals surface area contributed by atoms with Crippen LogP contribution in [0.3, 0.4) is 0 Å². The zero-order valence-electron chi connectivity index (χ0n) is 18.8. The van der Waals surface area contributed by atoms with Crippen molar-refractivity contribution in [2.45, 2.75) is 32.9 Å². The van der Waals surface area contributed by atoms with E-state index in [2.05, 4.69) is 25.7 Å². The van der Waals surface area contributed by atoms with Gasteiger partial charge in [-0.05, 0) is 62.2 Å². The molecule has 180 valence electrons. The second-order valence-electron chi connectivity index (χ2n) is 7.89. The highest BCUT2D eigenvalue weighted by Crippen LogP contribution is 2.30. The van der Waals surface area contributed by atoms with Crippen molar-refractivity contribution in [2.24, 2.45) is 0 Å². The number of carbonyl (C=O) groups excluding carboxylic acids is 2. The molecule has 0 radical (unpaired) electrons. The third-order valence-electron chi connectivity index (χ3n) is 5.45. The van der Waals surface area contributed by atoms with Gasteiger partial charge in [0.05, 0.1) is 5.56 Å². The van der Waals surface area contributed by atoms with Crippen LogP contribution >= 0.6 is 0 Å². The summed E-state index contributed by atoms with van der Waals surface area (Å²) in [5.41, 5.74) is 2.25. The Bertz CT molecular complexity index is 1410. The van der Waals surface area contributed by atoms with Crippen molar-refractivity contribution < 1.29 is 22.8 Å². The largest absolute Gasteiger partial charge is 0.416 e. The molecular weight excluding hydrogens is 461 g/mol. The summed E-state index contributed by atoms with van der Waals surface area (Å²) in [6, 6.07) is 10.5. The molecular formula is C24H21F3N6O2. The first kappa shape index (κ1) is 23.9. The lowest BCUT2D eigenvalue weighted by Crippen LogP contribution is -2.16. The lowest BCUT2D eigenvalue weighted by molar-refractivity contribution is -0.137. The van der Waals surface area contributed by atoms with Crippen LogP contribution in [0, 0.1) is 13.8 Å². The van der Waals surface area contributed by atoms with Gasteiger partial charge < -0.3 is 10.6 Å². The summed E-state index contributed by atoms with van der Waals surface area (Å²) in [7, 11) is 0. The molecule has 11 heteroatoms. The molecule has 0 aliphatic heterocycles. The number of fused-ring (bicyclic) bond motifs is 1. The van der Waals surface area contributed by atoms with E-state index in [1.807, 2.05) is 13.8 Å². The van der Waals surface area contributed by atoms with Crippen LogP contribution in [0.4, 0.5) is 24.5 Å². The van der Waals surface area contributed by atoms with Crippen molar-refractivity contribution in [1.29, 1.82) is 0 Å². The zero-order chi connectivity index (χ0) is 25.2. The number of hydrogen-bond donors (Lipinski definition) is 2. The lowest BCUT2D eigenvalue weighted by atomic mass is 10.1. The van der Waals surface area contributed by atoms with Crippen LogP contribution in [0.2, 0.25) is 0 Å². The molecule has 2 heterocycles. The SMILES string of the molecule is Cc1nc2ncnn2c(C)c1CCC(=O)Nc1cccc(C(=O)Nc2cccc(C(F)(F)F)c2)c1. The number of rotatable bonds is 6. The van der Waals surface area contributed by atoms with Gasteiger partial charge in [0.2, 0.25) is 5.91 Å². The molecule has 35 heavy (non-hydrogen) atoms. The highest BCUT2D eigenvalue weighted by molar-refractivity contribution is 6.05. The number of anilines is 2. The van der Waals surface area contributed by atoms with E-state index in [4.69, 9.17) is 0 Å². The van der Waals surface area contributed by atoms with Crippen LogP contribution in [0.5, 0.6) is 0 Å². The van der Waals surface area contributed by atoms with E-state index in [9.17, 15) is 22.8 Å². The van der Waals surface area contributed by atoms with Gasteiger partial charge in [-0.3, -0.25) is 9.59 Å². The van der Waals surface area contributed by atoms with Crippen molar-refractivity contribution in [1.82, 2.24) is 19.6 Å². The molecule has 2 aromatic carbocycles. The van der Waals surface area contributed by atoms with Gasteiger partial charge in [-0.1, -0.05) is 12.1 Å². The third-order valence-corrected chi connectivity index (χ3v) is 5.45. The predicted molar refractivity (Wildman–Crippen MR) is 123 cm³/mol. The Kier molecular flexibility index (Phi) is 6.50. The number of halogens is 3. The number of carbonyl (C=O) groups is 2. The van der Waals surface area contributed by atoms with E-state index < -0.39 is 17.6 Å². The Morgan fingerprint density at radius 1 is 1.00 bits per heavy atom. The van der Waals surface area contributed by atoms with Gasteiger partial charge in [0.15, 0.2) is 0 Å². The van der Waals surface area contributed by atoms with E-state index in [1.54, 1.807) is 16.6 Å². The molecule has 2 N–H and O–H groups in total. The smallest absolute Gasteiger partial charge is 0.326 e. The number of amides is 2. The maximum Gasteiger partial charge on any atom is 0.416 e. The minimum absolute atomic E-state index is 0.0166. The van der Waals surface area contributed by atoms with Gasteiger partial charge in [-0.2, -0.15) is 23.3 Å². The third kappa shape index (κ3) is 5.45.